The average molecular weight is 386 g/mol. The van der Waals surface area contributed by atoms with E-state index in [2.05, 4.69) is 36.9 Å². The summed E-state index contributed by atoms with van der Waals surface area (Å²) in [6.07, 6.45) is 10.5. The average Bonchev–Trinajstić information content (AvgIpc) is 3.39. The first-order valence-electron chi connectivity index (χ1n) is 10.5. The number of hydrogen-bond donors (Lipinski definition) is 1. The largest absolute Gasteiger partial charge is 0.348 e. The molecular formula is C20H31N7O. The van der Waals surface area contributed by atoms with Gasteiger partial charge >= 0.3 is 0 Å². The SMILES string of the molecule is Cc1[nH]cnc1CN1CCC(C2CCN(C(=O)CCn3cnnc3)CC2)CC1. The lowest BCUT2D eigenvalue weighted by molar-refractivity contribution is -0.133. The zero-order valence-corrected chi connectivity index (χ0v) is 16.8. The molecule has 2 aliphatic heterocycles. The van der Waals surface area contributed by atoms with Crippen LogP contribution in [0.1, 0.15) is 43.5 Å². The first kappa shape index (κ1) is 19.1. The van der Waals surface area contributed by atoms with Crippen molar-refractivity contribution in [3.8, 4) is 0 Å². The Morgan fingerprint density at radius 3 is 2.32 bits per heavy atom. The highest BCUT2D eigenvalue weighted by Gasteiger charge is 2.30. The van der Waals surface area contributed by atoms with Gasteiger partial charge in [-0.05, 0) is 57.5 Å². The van der Waals surface area contributed by atoms with Crippen molar-refractivity contribution < 1.29 is 4.79 Å². The lowest BCUT2D eigenvalue weighted by Gasteiger charge is -2.40. The Bertz CT molecular complexity index is 740. The third-order valence-electron chi connectivity index (χ3n) is 6.55. The lowest BCUT2D eigenvalue weighted by Crippen LogP contribution is -2.42. The summed E-state index contributed by atoms with van der Waals surface area (Å²) in [5.41, 5.74) is 2.36. The Labute approximate surface area is 166 Å². The molecule has 0 saturated carbocycles. The Kier molecular flexibility index (Phi) is 6.04. The van der Waals surface area contributed by atoms with E-state index in [1.165, 1.54) is 24.2 Å². The molecule has 2 aromatic heterocycles. The maximum Gasteiger partial charge on any atom is 0.224 e. The fourth-order valence-corrected chi connectivity index (χ4v) is 4.68. The van der Waals surface area contributed by atoms with E-state index in [9.17, 15) is 4.79 Å². The molecule has 0 aliphatic carbocycles. The minimum Gasteiger partial charge on any atom is -0.348 e. The number of carbonyl (C=O) groups is 1. The number of aromatic amines is 1. The molecule has 8 nitrogen and oxygen atoms in total. The van der Waals surface area contributed by atoms with Gasteiger partial charge in [0, 0.05) is 38.3 Å². The van der Waals surface area contributed by atoms with Crippen molar-refractivity contribution in [2.24, 2.45) is 11.8 Å². The molecule has 0 atom stereocenters. The van der Waals surface area contributed by atoms with Gasteiger partial charge in [-0.15, -0.1) is 10.2 Å². The van der Waals surface area contributed by atoms with E-state index < -0.39 is 0 Å². The molecule has 0 radical (unpaired) electrons. The van der Waals surface area contributed by atoms with Crippen LogP contribution in [0.4, 0.5) is 0 Å². The van der Waals surface area contributed by atoms with Crippen molar-refractivity contribution in [3.63, 3.8) is 0 Å². The summed E-state index contributed by atoms with van der Waals surface area (Å²) >= 11 is 0. The second kappa shape index (κ2) is 8.86. The predicted octanol–water partition coefficient (Wildman–Crippen LogP) is 1.85. The zero-order chi connectivity index (χ0) is 19.3. The number of aromatic nitrogens is 5. The van der Waals surface area contributed by atoms with Crippen LogP contribution in [0, 0.1) is 18.8 Å². The highest BCUT2D eigenvalue weighted by Crippen LogP contribution is 2.33. The number of hydrogen-bond acceptors (Lipinski definition) is 5. The molecule has 8 heteroatoms. The van der Waals surface area contributed by atoms with Crippen LogP contribution in [-0.4, -0.2) is 66.6 Å². The number of nitrogens with zero attached hydrogens (tertiary/aromatic N) is 6. The van der Waals surface area contributed by atoms with Gasteiger partial charge in [-0.25, -0.2) is 4.98 Å². The van der Waals surface area contributed by atoms with E-state index in [1.807, 2.05) is 4.57 Å². The van der Waals surface area contributed by atoms with E-state index in [0.29, 0.717) is 13.0 Å². The van der Waals surface area contributed by atoms with Gasteiger partial charge in [0.05, 0.1) is 12.0 Å². The summed E-state index contributed by atoms with van der Waals surface area (Å²) < 4.78 is 1.86. The molecule has 4 heterocycles. The third kappa shape index (κ3) is 4.60. The molecule has 0 spiro atoms. The van der Waals surface area contributed by atoms with Gasteiger partial charge in [-0.2, -0.15) is 0 Å². The summed E-state index contributed by atoms with van der Waals surface area (Å²) in [7, 11) is 0. The van der Waals surface area contributed by atoms with Crippen LogP contribution >= 0.6 is 0 Å². The van der Waals surface area contributed by atoms with E-state index >= 15 is 0 Å². The number of H-pyrrole nitrogens is 1. The normalized spacial score (nSPS) is 20.0. The highest BCUT2D eigenvalue weighted by atomic mass is 16.2. The Hall–Kier alpha value is -2.22. The third-order valence-corrected chi connectivity index (χ3v) is 6.55. The topological polar surface area (TPSA) is 82.9 Å². The smallest absolute Gasteiger partial charge is 0.224 e. The fourth-order valence-electron chi connectivity index (χ4n) is 4.68. The number of piperidine rings is 2. The predicted molar refractivity (Wildman–Crippen MR) is 105 cm³/mol. The molecule has 1 amide bonds. The van der Waals surface area contributed by atoms with Crippen LogP contribution in [0.15, 0.2) is 19.0 Å². The number of aryl methyl sites for hydroxylation is 2. The van der Waals surface area contributed by atoms with Crippen LogP contribution in [0.25, 0.3) is 0 Å². The van der Waals surface area contributed by atoms with Crippen LogP contribution < -0.4 is 0 Å². The zero-order valence-electron chi connectivity index (χ0n) is 16.8. The van der Waals surface area contributed by atoms with Crippen molar-refractivity contribution in [2.75, 3.05) is 26.2 Å². The second-order valence-electron chi connectivity index (χ2n) is 8.26. The standard InChI is InChI=1S/C20H31N7O/c1-16-19(22-13-21-16)12-25-7-2-17(3-8-25)18-4-10-27(11-5-18)20(28)6-9-26-14-23-24-15-26/h13-15,17-18H,2-12H2,1H3,(H,21,22). The van der Waals surface area contributed by atoms with Crippen molar-refractivity contribution >= 4 is 5.91 Å². The quantitative estimate of drug-likeness (QED) is 0.821. The van der Waals surface area contributed by atoms with Gasteiger partial charge in [-0.3, -0.25) is 9.69 Å². The van der Waals surface area contributed by atoms with Crippen LogP contribution in [0.3, 0.4) is 0 Å². The Morgan fingerprint density at radius 1 is 1.07 bits per heavy atom. The van der Waals surface area contributed by atoms with Crippen molar-refractivity contribution in [1.82, 2.24) is 34.5 Å². The van der Waals surface area contributed by atoms with E-state index in [-0.39, 0.29) is 5.91 Å². The first-order chi connectivity index (χ1) is 13.7. The molecule has 2 saturated heterocycles. The molecule has 2 aromatic rings. The van der Waals surface area contributed by atoms with Crippen LogP contribution in [0.2, 0.25) is 0 Å². The van der Waals surface area contributed by atoms with Gasteiger partial charge in [0.1, 0.15) is 12.7 Å². The minimum atomic E-state index is 0.261. The van der Waals surface area contributed by atoms with Gasteiger partial charge in [0.15, 0.2) is 0 Å². The molecule has 28 heavy (non-hydrogen) atoms. The van der Waals surface area contributed by atoms with E-state index in [4.69, 9.17) is 0 Å². The summed E-state index contributed by atoms with van der Waals surface area (Å²) in [5.74, 6) is 1.85. The van der Waals surface area contributed by atoms with Crippen LogP contribution in [0.5, 0.6) is 0 Å². The van der Waals surface area contributed by atoms with Gasteiger partial charge < -0.3 is 14.5 Å². The number of likely N-dealkylation sites (tertiary alicyclic amines) is 2. The van der Waals surface area contributed by atoms with Gasteiger partial charge in [-0.1, -0.05) is 0 Å². The fraction of sp³-hybridized carbons (Fsp3) is 0.700. The molecular weight excluding hydrogens is 354 g/mol. The van der Waals surface area contributed by atoms with E-state index in [0.717, 1.165) is 57.4 Å². The second-order valence-corrected chi connectivity index (χ2v) is 8.26. The maximum absolute atomic E-state index is 12.5. The van der Waals surface area contributed by atoms with Crippen molar-refractivity contribution in [1.29, 1.82) is 0 Å². The van der Waals surface area contributed by atoms with Gasteiger partial charge in [0.25, 0.3) is 0 Å². The minimum absolute atomic E-state index is 0.261. The number of nitrogens with one attached hydrogen (secondary N) is 1. The lowest BCUT2D eigenvalue weighted by atomic mass is 9.78. The molecule has 0 aromatic carbocycles. The monoisotopic (exact) mass is 385 g/mol. The molecule has 4 rings (SSSR count). The van der Waals surface area contributed by atoms with Crippen molar-refractivity contribution in [2.45, 2.75) is 52.1 Å². The van der Waals surface area contributed by atoms with Crippen LogP contribution in [-0.2, 0) is 17.9 Å². The van der Waals surface area contributed by atoms with Gasteiger partial charge in [0.2, 0.25) is 5.91 Å². The molecule has 0 bridgehead atoms. The Balaban J connectivity index is 1.17. The maximum atomic E-state index is 12.5. The molecule has 2 aliphatic rings. The summed E-state index contributed by atoms with van der Waals surface area (Å²) in [5, 5.41) is 7.57. The van der Waals surface area contributed by atoms with Crippen molar-refractivity contribution in [3.05, 3.63) is 30.4 Å². The summed E-state index contributed by atoms with van der Waals surface area (Å²) in [6, 6.07) is 0. The number of imidazole rings is 1. The van der Waals surface area contributed by atoms with E-state index in [1.54, 1.807) is 19.0 Å². The number of amides is 1. The summed E-state index contributed by atoms with van der Waals surface area (Å²) in [6.45, 7) is 7.87. The number of carbonyl (C=O) groups excluding carboxylic acids is 1. The Morgan fingerprint density at radius 2 is 1.71 bits per heavy atom. The molecule has 1 N–H and O–H groups in total. The molecule has 152 valence electrons. The summed E-state index contributed by atoms with van der Waals surface area (Å²) in [4.78, 5) is 24.6. The molecule has 0 unspecified atom stereocenters. The molecule has 2 fully saturated rings. The first-order valence-corrected chi connectivity index (χ1v) is 10.5. The number of rotatable bonds is 6. The highest BCUT2D eigenvalue weighted by molar-refractivity contribution is 5.76.